The first-order valence-corrected chi connectivity index (χ1v) is 8.01. The van der Waals surface area contributed by atoms with Crippen molar-refractivity contribution in [1.29, 1.82) is 0 Å². The highest BCUT2D eigenvalue weighted by Gasteiger charge is 2.43. The molecule has 0 radical (unpaired) electrons. The van der Waals surface area contributed by atoms with Gasteiger partial charge in [-0.05, 0) is 36.8 Å². The number of piperidine rings is 1. The Kier molecular flexibility index (Phi) is 4.24. The molecule has 2 atom stereocenters. The van der Waals surface area contributed by atoms with Crippen molar-refractivity contribution >= 4 is 5.91 Å². The van der Waals surface area contributed by atoms with E-state index in [0.29, 0.717) is 12.3 Å². The van der Waals surface area contributed by atoms with Gasteiger partial charge >= 0.3 is 0 Å². The van der Waals surface area contributed by atoms with Crippen LogP contribution in [0.1, 0.15) is 38.2 Å². The summed E-state index contributed by atoms with van der Waals surface area (Å²) in [6.07, 6.45) is 8.39. The highest BCUT2D eigenvalue weighted by atomic mass is 16.5. The molecule has 1 amide bonds. The third kappa shape index (κ3) is 3.26. The molecule has 2 aliphatic rings. The Morgan fingerprint density at radius 3 is 3.19 bits per heavy atom. The van der Waals surface area contributed by atoms with Crippen LogP contribution >= 0.6 is 0 Å². The largest absolute Gasteiger partial charge is 0.373 e. The lowest BCUT2D eigenvalue weighted by Crippen LogP contribution is -2.50. The van der Waals surface area contributed by atoms with Crippen molar-refractivity contribution in [1.82, 2.24) is 9.88 Å². The molecule has 2 saturated heterocycles. The summed E-state index contributed by atoms with van der Waals surface area (Å²) in [5.41, 5.74) is 0.921. The maximum Gasteiger partial charge on any atom is 0.227 e. The van der Waals surface area contributed by atoms with Crippen molar-refractivity contribution in [2.45, 2.75) is 44.6 Å². The molecule has 0 aliphatic carbocycles. The number of amides is 1. The Hall–Kier alpha value is -1.42. The molecule has 21 heavy (non-hydrogen) atoms. The van der Waals surface area contributed by atoms with E-state index in [0.717, 1.165) is 44.5 Å². The van der Waals surface area contributed by atoms with Gasteiger partial charge in [0.1, 0.15) is 0 Å². The molecule has 3 heterocycles. The highest BCUT2D eigenvalue weighted by Crippen LogP contribution is 2.38. The topological polar surface area (TPSA) is 42.4 Å². The van der Waals surface area contributed by atoms with Crippen LogP contribution in [0, 0.1) is 5.92 Å². The smallest absolute Gasteiger partial charge is 0.227 e. The summed E-state index contributed by atoms with van der Waals surface area (Å²) < 4.78 is 6.11. The van der Waals surface area contributed by atoms with Crippen molar-refractivity contribution < 1.29 is 9.53 Å². The molecule has 114 valence electrons. The van der Waals surface area contributed by atoms with Crippen LogP contribution in [0.2, 0.25) is 0 Å². The van der Waals surface area contributed by atoms with Gasteiger partial charge in [-0.15, -0.1) is 0 Å². The van der Waals surface area contributed by atoms with Crippen LogP contribution in [0.5, 0.6) is 0 Å². The number of carbonyl (C=O) groups excluding carboxylic acids is 1. The van der Waals surface area contributed by atoms with E-state index < -0.39 is 0 Å². The maximum atomic E-state index is 12.5. The third-order valence-electron chi connectivity index (χ3n) is 4.83. The van der Waals surface area contributed by atoms with E-state index in [9.17, 15) is 4.79 Å². The number of nitrogens with zero attached hydrogens (tertiary/aromatic N) is 2. The van der Waals surface area contributed by atoms with Crippen molar-refractivity contribution in [3.63, 3.8) is 0 Å². The number of carbonyl (C=O) groups is 1. The van der Waals surface area contributed by atoms with Gasteiger partial charge in [0.2, 0.25) is 5.91 Å². The molecular formula is C17H24N2O2. The summed E-state index contributed by atoms with van der Waals surface area (Å²) in [6, 6.07) is 3.84. The molecule has 1 spiro atoms. The first-order valence-electron chi connectivity index (χ1n) is 8.01. The average molecular weight is 288 g/mol. The average Bonchev–Trinajstić information content (AvgIpc) is 2.91. The maximum absolute atomic E-state index is 12.5. The molecular weight excluding hydrogens is 264 g/mol. The summed E-state index contributed by atoms with van der Waals surface area (Å²) in [5.74, 6) is 0.865. The number of rotatable bonds is 3. The van der Waals surface area contributed by atoms with Gasteiger partial charge < -0.3 is 9.64 Å². The predicted octanol–water partition coefficient (Wildman–Crippen LogP) is 2.43. The van der Waals surface area contributed by atoms with Gasteiger partial charge in [0.15, 0.2) is 0 Å². The van der Waals surface area contributed by atoms with E-state index in [-0.39, 0.29) is 11.5 Å². The SMILES string of the molecule is CC[C@H]1CO[C@@]2(CCCN(C(=O)Cc3cccnc3)C2)C1. The van der Waals surface area contributed by atoms with Gasteiger partial charge in [0, 0.05) is 25.5 Å². The van der Waals surface area contributed by atoms with Crippen LogP contribution in [0.4, 0.5) is 0 Å². The van der Waals surface area contributed by atoms with Gasteiger partial charge in [-0.3, -0.25) is 9.78 Å². The molecule has 0 bridgehead atoms. The number of likely N-dealkylation sites (tertiary alicyclic amines) is 1. The first kappa shape index (κ1) is 14.5. The summed E-state index contributed by atoms with van der Waals surface area (Å²) in [5, 5.41) is 0. The van der Waals surface area contributed by atoms with Gasteiger partial charge in [0.25, 0.3) is 0 Å². The van der Waals surface area contributed by atoms with Gasteiger partial charge in [0.05, 0.1) is 18.6 Å². The molecule has 2 fully saturated rings. The molecule has 1 aromatic rings. The number of ether oxygens (including phenoxy) is 1. The summed E-state index contributed by atoms with van der Waals surface area (Å²) >= 11 is 0. The molecule has 0 unspecified atom stereocenters. The summed E-state index contributed by atoms with van der Waals surface area (Å²) in [4.78, 5) is 18.6. The minimum absolute atomic E-state index is 0.0659. The lowest BCUT2D eigenvalue weighted by Gasteiger charge is -2.40. The van der Waals surface area contributed by atoms with Crippen molar-refractivity contribution in [3.05, 3.63) is 30.1 Å². The van der Waals surface area contributed by atoms with Crippen molar-refractivity contribution in [3.8, 4) is 0 Å². The Morgan fingerprint density at radius 2 is 2.48 bits per heavy atom. The predicted molar refractivity (Wildman–Crippen MR) is 80.8 cm³/mol. The van der Waals surface area contributed by atoms with E-state index in [1.165, 1.54) is 6.42 Å². The van der Waals surface area contributed by atoms with Crippen LogP contribution < -0.4 is 0 Å². The second kappa shape index (κ2) is 6.14. The summed E-state index contributed by atoms with van der Waals surface area (Å²) in [7, 11) is 0. The van der Waals surface area contributed by atoms with Crippen LogP contribution in [0.25, 0.3) is 0 Å². The quantitative estimate of drug-likeness (QED) is 0.858. The zero-order valence-corrected chi connectivity index (χ0v) is 12.8. The standard InChI is InChI=1S/C17H24N2O2/c1-2-14-10-17(21-12-14)6-4-8-19(13-17)16(20)9-15-5-3-7-18-11-15/h3,5,7,11,14H,2,4,6,8-10,12-13H2,1H3/t14-,17+/m1/s1. The molecule has 4 nitrogen and oxygen atoms in total. The van der Waals surface area contributed by atoms with Gasteiger partial charge in [-0.1, -0.05) is 19.4 Å². The van der Waals surface area contributed by atoms with E-state index in [2.05, 4.69) is 11.9 Å². The van der Waals surface area contributed by atoms with Crippen LogP contribution in [-0.4, -0.2) is 41.1 Å². The van der Waals surface area contributed by atoms with Crippen LogP contribution in [0.15, 0.2) is 24.5 Å². The molecule has 3 rings (SSSR count). The molecule has 1 aromatic heterocycles. The minimum Gasteiger partial charge on any atom is -0.373 e. The second-order valence-electron chi connectivity index (χ2n) is 6.43. The fraction of sp³-hybridized carbons (Fsp3) is 0.647. The highest BCUT2D eigenvalue weighted by molar-refractivity contribution is 5.78. The van der Waals surface area contributed by atoms with E-state index in [1.807, 2.05) is 17.0 Å². The summed E-state index contributed by atoms with van der Waals surface area (Å²) in [6.45, 7) is 4.71. The molecule has 0 N–H and O–H groups in total. The lowest BCUT2D eigenvalue weighted by molar-refractivity contribution is -0.138. The fourth-order valence-corrected chi connectivity index (χ4v) is 3.59. The monoisotopic (exact) mass is 288 g/mol. The van der Waals surface area contributed by atoms with E-state index in [1.54, 1.807) is 12.4 Å². The normalized spacial score (nSPS) is 29.0. The number of hydrogen-bond acceptors (Lipinski definition) is 3. The molecule has 0 aromatic carbocycles. The zero-order chi connectivity index (χ0) is 14.7. The van der Waals surface area contributed by atoms with Crippen molar-refractivity contribution in [2.75, 3.05) is 19.7 Å². The Labute approximate surface area is 126 Å². The van der Waals surface area contributed by atoms with Crippen LogP contribution in [0.3, 0.4) is 0 Å². The Bertz CT molecular complexity index is 491. The first-order chi connectivity index (χ1) is 10.2. The number of hydrogen-bond donors (Lipinski definition) is 0. The zero-order valence-electron chi connectivity index (χ0n) is 12.8. The van der Waals surface area contributed by atoms with Gasteiger partial charge in [-0.2, -0.15) is 0 Å². The van der Waals surface area contributed by atoms with Crippen LogP contribution in [-0.2, 0) is 16.0 Å². The van der Waals surface area contributed by atoms with Crippen molar-refractivity contribution in [2.24, 2.45) is 5.92 Å². The Balaban J connectivity index is 1.62. The number of pyridine rings is 1. The van der Waals surface area contributed by atoms with E-state index in [4.69, 9.17) is 4.74 Å². The fourth-order valence-electron chi connectivity index (χ4n) is 3.59. The van der Waals surface area contributed by atoms with Gasteiger partial charge in [-0.25, -0.2) is 0 Å². The molecule has 0 saturated carbocycles. The third-order valence-corrected chi connectivity index (χ3v) is 4.83. The Morgan fingerprint density at radius 1 is 1.57 bits per heavy atom. The number of aromatic nitrogens is 1. The second-order valence-corrected chi connectivity index (χ2v) is 6.43. The van der Waals surface area contributed by atoms with E-state index >= 15 is 0 Å². The lowest BCUT2D eigenvalue weighted by atomic mass is 9.85. The molecule has 4 heteroatoms. The minimum atomic E-state index is -0.0659. The molecule has 2 aliphatic heterocycles.